The SMILES string of the molecule is OC[C@@H](O)[C@H](O)[C@@H](O)/C=N/Nc1ccccc1. The van der Waals surface area contributed by atoms with Crippen molar-refractivity contribution in [2.75, 3.05) is 12.0 Å². The number of hydrogen-bond acceptors (Lipinski definition) is 6. The lowest BCUT2D eigenvalue weighted by Crippen LogP contribution is -2.40. The number of nitrogens with one attached hydrogen (secondary N) is 1. The fraction of sp³-hybridized carbons (Fsp3) is 0.364. The van der Waals surface area contributed by atoms with Crippen molar-refractivity contribution < 1.29 is 20.4 Å². The molecule has 0 bridgehead atoms. The second kappa shape index (κ2) is 6.97. The van der Waals surface area contributed by atoms with Crippen molar-refractivity contribution in [3.63, 3.8) is 0 Å². The molecule has 6 nitrogen and oxygen atoms in total. The zero-order valence-electron chi connectivity index (χ0n) is 9.14. The van der Waals surface area contributed by atoms with Gasteiger partial charge in [0.2, 0.25) is 0 Å². The van der Waals surface area contributed by atoms with E-state index in [1.54, 1.807) is 12.1 Å². The van der Waals surface area contributed by atoms with E-state index in [1.807, 2.05) is 18.2 Å². The maximum absolute atomic E-state index is 9.39. The number of anilines is 1. The van der Waals surface area contributed by atoms with Gasteiger partial charge in [-0.2, -0.15) is 5.10 Å². The predicted molar refractivity (Wildman–Crippen MR) is 63.7 cm³/mol. The van der Waals surface area contributed by atoms with Gasteiger partial charge in [0.15, 0.2) is 0 Å². The maximum atomic E-state index is 9.39. The second-order valence-corrected chi connectivity index (χ2v) is 3.49. The smallest absolute Gasteiger partial charge is 0.119 e. The van der Waals surface area contributed by atoms with Gasteiger partial charge < -0.3 is 20.4 Å². The molecular formula is C11H16N2O4. The van der Waals surface area contributed by atoms with Crippen LogP contribution in [0.5, 0.6) is 0 Å². The first kappa shape index (κ1) is 13.6. The fourth-order valence-electron chi connectivity index (χ4n) is 1.12. The van der Waals surface area contributed by atoms with Gasteiger partial charge in [-0.3, -0.25) is 5.43 Å². The summed E-state index contributed by atoms with van der Waals surface area (Å²) < 4.78 is 0. The van der Waals surface area contributed by atoms with Crippen molar-refractivity contribution in [2.24, 2.45) is 5.10 Å². The van der Waals surface area contributed by atoms with Crippen LogP contribution in [0.4, 0.5) is 5.69 Å². The lowest BCUT2D eigenvalue weighted by molar-refractivity contribution is -0.0541. The Balaban J connectivity index is 2.43. The van der Waals surface area contributed by atoms with Gasteiger partial charge in [0.05, 0.1) is 18.5 Å². The van der Waals surface area contributed by atoms with Crippen LogP contribution >= 0.6 is 0 Å². The molecule has 1 aromatic rings. The molecule has 0 aliphatic carbocycles. The summed E-state index contributed by atoms with van der Waals surface area (Å²) in [4.78, 5) is 0. The van der Waals surface area contributed by atoms with E-state index in [9.17, 15) is 10.2 Å². The third-order valence-corrected chi connectivity index (χ3v) is 2.13. The lowest BCUT2D eigenvalue weighted by atomic mass is 10.1. The summed E-state index contributed by atoms with van der Waals surface area (Å²) in [5, 5.41) is 40.0. The summed E-state index contributed by atoms with van der Waals surface area (Å²) in [5.74, 6) is 0. The normalized spacial score (nSPS) is 16.7. The third kappa shape index (κ3) is 4.49. The molecule has 94 valence electrons. The van der Waals surface area contributed by atoms with E-state index in [2.05, 4.69) is 10.5 Å². The summed E-state index contributed by atoms with van der Waals surface area (Å²) in [5.41, 5.74) is 3.37. The molecule has 1 aromatic carbocycles. The molecule has 0 saturated carbocycles. The molecule has 0 aliphatic heterocycles. The molecule has 0 radical (unpaired) electrons. The highest BCUT2D eigenvalue weighted by Gasteiger charge is 2.22. The highest BCUT2D eigenvalue weighted by Crippen LogP contribution is 2.04. The Morgan fingerprint density at radius 1 is 1.18 bits per heavy atom. The van der Waals surface area contributed by atoms with E-state index in [1.165, 1.54) is 0 Å². The molecular weight excluding hydrogens is 224 g/mol. The minimum absolute atomic E-state index is 0.627. The molecule has 0 spiro atoms. The summed E-state index contributed by atoms with van der Waals surface area (Å²) in [7, 11) is 0. The number of hydrogen-bond donors (Lipinski definition) is 5. The topological polar surface area (TPSA) is 105 Å². The number of rotatable bonds is 6. The Hall–Kier alpha value is -1.47. The largest absolute Gasteiger partial charge is 0.394 e. The average molecular weight is 240 g/mol. The number of aliphatic hydroxyl groups is 4. The van der Waals surface area contributed by atoms with Gasteiger partial charge in [0.1, 0.15) is 18.3 Å². The van der Waals surface area contributed by atoms with Crippen molar-refractivity contribution in [2.45, 2.75) is 18.3 Å². The Bertz CT molecular complexity index is 345. The minimum Gasteiger partial charge on any atom is -0.394 e. The van der Waals surface area contributed by atoms with Crippen molar-refractivity contribution in [1.82, 2.24) is 0 Å². The molecule has 0 fully saturated rings. The van der Waals surface area contributed by atoms with E-state index < -0.39 is 24.9 Å². The van der Waals surface area contributed by atoms with Crippen LogP contribution in [-0.2, 0) is 0 Å². The van der Waals surface area contributed by atoms with Gasteiger partial charge in [0.25, 0.3) is 0 Å². The quantitative estimate of drug-likeness (QED) is 0.329. The first-order valence-electron chi connectivity index (χ1n) is 5.14. The fourth-order valence-corrected chi connectivity index (χ4v) is 1.12. The number of para-hydroxylation sites is 1. The number of hydrazone groups is 1. The van der Waals surface area contributed by atoms with Gasteiger partial charge in [-0.15, -0.1) is 0 Å². The monoisotopic (exact) mass is 240 g/mol. The molecule has 6 heteroatoms. The van der Waals surface area contributed by atoms with Gasteiger partial charge in [-0.05, 0) is 12.1 Å². The molecule has 3 atom stereocenters. The van der Waals surface area contributed by atoms with Crippen LogP contribution in [0.1, 0.15) is 0 Å². The number of aliphatic hydroxyl groups excluding tert-OH is 4. The van der Waals surface area contributed by atoms with Crippen LogP contribution in [0.2, 0.25) is 0 Å². The van der Waals surface area contributed by atoms with Gasteiger partial charge in [-0.1, -0.05) is 18.2 Å². The zero-order chi connectivity index (χ0) is 12.7. The van der Waals surface area contributed by atoms with Crippen molar-refractivity contribution >= 4 is 11.9 Å². The highest BCUT2D eigenvalue weighted by molar-refractivity contribution is 5.65. The zero-order valence-corrected chi connectivity index (χ0v) is 9.14. The summed E-state index contributed by atoms with van der Waals surface area (Å²) >= 11 is 0. The van der Waals surface area contributed by atoms with E-state index >= 15 is 0 Å². The van der Waals surface area contributed by atoms with Gasteiger partial charge in [-0.25, -0.2) is 0 Å². The molecule has 0 aromatic heterocycles. The Morgan fingerprint density at radius 2 is 1.82 bits per heavy atom. The first-order valence-corrected chi connectivity index (χ1v) is 5.14. The molecule has 1 rings (SSSR count). The van der Waals surface area contributed by atoms with E-state index in [0.717, 1.165) is 11.9 Å². The van der Waals surface area contributed by atoms with Gasteiger partial charge >= 0.3 is 0 Å². The Kier molecular flexibility index (Phi) is 5.58. The van der Waals surface area contributed by atoms with E-state index in [0.29, 0.717) is 0 Å². The summed E-state index contributed by atoms with van der Waals surface area (Å²) in [6.45, 7) is -0.627. The number of benzene rings is 1. The molecule has 0 heterocycles. The molecule has 17 heavy (non-hydrogen) atoms. The highest BCUT2D eigenvalue weighted by atomic mass is 16.4. The molecule has 0 amide bonds. The lowest BCUT2D eigenvalue weighted by Gasteiger charge is -2.18. The molecule has 0 unspecified atom stereocenters. The first-order chi connectivity index (χ1) is 8.15. The summed E-state index contributed by atoms with van der Waals surface area (Å²) in [6, 6.07) is 9.05. The number of nitrogens with zero attached hydrogens (tertiary/aromatic N) is 1. The van der Waals surface area contributed by atoms with Crippen LogP contribution < -0.4 is 5.43 Å². The van der Waals surface area contributed by atoms with Crippen LogP contribution in [0.15, 0.2) is 35.4 Å². The Morgan fingerprint density at radius 3 is 2.41 bits per heavy atom. The van der Waals surface area contributed by atoms with Crippen molar-refractivity contribution in [1.29, 1.82) is 0 Å². The van der Waals surface area contributed by atoms with E-state index in [-0.39, 0.29) is 0 Å². The molecule has 0 saturated heterocycles. The third-order valence-electron chi connectivity index (χ3n) is 2.13. The van der Waals surface area contributed by atoms with Gasteiger partial charge in [0, 0.05) is 0 Å². The van der Waals surface area contributed by atoms with Crippen LogP contribution in [0.25, 0.3) is 0 Å². The molecule has 0 aliphatic rings. The molecule has 5 N–H and O–H groups in total. The van der Waals surface area contributed by atoms with Crippen molar-refractivity contribution in [3.8, 4) is 0 Å². The maximum Gasteiger partial charge on any atom is 0.119 e. The van der Waals surface area contributed by atoms with Crippen LogP contribution in [0.3, 0.4) is 0 Å². The average Bonchev–Trinajstić information content (AvgIpc) is 2.38. The van der Waals surface area contributed by atoms with Crippen LogP contribution in [-0.4, -0.2) is 51.6 Å². The predicted octanol–water partition coefficient (Wildman–Crippen LogP) is -0.841. The standard InChI is InChI=1S/C11H16N2O4/c14-7-10(16)11(17)9(15)6-12-13-8-4-2-1-3-5-8/h1-6,9-11,13-17H,7H2/b12-6+/t9-,10+,11+/m0/s1. The second-order valence-electron chi connectivity index (χ2n) is 3.49. The Labute approximate surface area is 98.8 Å². The van der Waals surface area contributed by atoms with E-state index in [4.69, 9.17) is 10.2 Å². The van der Waals surface area contributed by atoms with Crippen LogP contribution in [0, 0.1) is 0 Å². The van der Waals surface area contributed by atoms with Crippen molar-refractivity contribution in [3.05, 3.63) is 30.3 Å². The minimum atomic E-state index is -1.47. The summed E-state index contributed by atoms with van der Waals surface area (Å²) in [6.07, 6.45) is -3.17.